The van der Waals surface area contributed by atoms with Crippen LogP contribution in [0, 0.1) is 12.8 Å². The van der Waals surface area contributed by atoms with Gasteiger partial charge in [0, 0.05) is 23.6 Å². The van der Waals surface area contributed by atoms with E-state index < -0.39 is 10.0 Å². The third kappa shape index (κ3) is 2.93. The topological polar surface area (TPSA) is 40.6 Å². The molecule has 1 aromatic rings. The average Bonchev–Trinajstić information content (AvgIpc) is 2.71. The molecule has 2 atom stereocenters. The Balaban J connectivity index is 2.32. The van der Waals surface area contributed by atoms with Crippen LogP contribution >= 0.6 is 15.9 Å². The maximum Gasteiger partial charge on any atom is 0.244 e. The Morgan fingerprint density at radius 1 is 1.30 bits per heavy atom. The Labute approximate surface area is 129 Å². The normalized spacial score (nSPS) is 24.5. The molecule has 1 fully saturated rings. The Hall–Kier alpha value is -0.430. The lowest BCUT2D eigenvalue weighted by atomic mass is 10.1. The van der Waals surface area contributed by atoms with Crippen molar-refractivity contribution in [1.29, 1.82) is 0 Å². The van der Waals surface area contributed by atoms with Gasteiger partial charge in [-0.3, -0.25) is 0 Å². The first kappa shape index (κ1) is 15.9. The fourth-order valence-corrected chi connectivity index (χ4v) is 5.44. The molecule has 6 heteroatoms. The van der Waals surface area contributed by atoms with E-state index in [4.69, 9.17) is 0 Å². The van der Waals surface area contributed by atoms with Gasteiger partial charge in [0.1, 0.15) is 0 Å². The molecular formula is C14H21BrN2O2S. The number of rotatable bonds is 3. The summed E-state index contributed by atoms with van der Waals surface area (Å²) < 4.78 is 27.7. The van der Waals surface area contributed by atoms with E-state index in [-0.39, 0.29) is 6.04 Å². The number of aryl methyl sites for hydroxylation is 1. The predicted molar refractivity (Wildman–Crippen MR) is 84.3 cm³/mol. The summed E-state index contributed by atoms with van der Waals surface area (Å²) in [6.07, 6.45) is 0. The molecule has 0 radical (unpaired) electrons. The molecule has 0 amide bonds. The lowest BCUT2D eigenvalue weighted by Crippen LogP contribution is -2.35. The van der Waals surface area contributed by atoms with Gasteiger partial charge in [0.25, 0.3) is 0 Å². The molecule has 20 heavy (non-hydrogen) atoms. The number of hydrogen-bond acceptors (Lipinski definition) is 3. The molecule has 0 bridgehead atoms. The molecule has 1 aliphatic rings. The van der Waals surface area contributed by atoms with Crippen molar-refractivity contribution >= 4 is 26.0 Å². The lowest BCUT2D eigenvalue weighted by Gasteiger charge is -2.22. The van der Waals surface area contributed by atoms with Crippen molar-refractivity contribution in [2.75, 3.05) is 27.2 Å². The molecule has 1 aliphatic heterocycles. The summed E-state index contributed by atoms with van der Waals surface area (Å²) in [5, 5.41) is 0. The first-order valence-corrected chi connectivity index (χ1v) is 8.89. The third-order valence-electron chi connectivity index (χ3n) is 3.91. The van der Waals surface area contributed by atoms with Crippen LogP contribution in [-0.2, 0) is 10.0 Å². The molecule has 1 saturated heterocycles. The largest absolute Gasteiger partial charge is 0.305 e. The van der Waals surface area contributed by atoms with Gasteiger partial charge >= 0.3 is 0 Å². The van der Waals surface area contributed by atoms with Crippen molar-refractivity contribution < 1.29 is 8.42 Å². The van der Waals surface area contributed by atoms with Crippen molar-refractivity contribution in [3.8, 4) is 0 Å². The van der Waals surface area contributed by atoms with Crippen molar-refractivity contribution in [2.45, 2.75) is 24.8 Å². The molecule has 0 saturated carbocycles. The second kappa shape index (κ2) is 5.75. The van der Waals surface area contributed by atoms with E-state index in [0.29, 0.717) is 28.4 Å². The quantitative estimate of drug-likeness (QED) is 0.830. The number of hydrogen-bond donors (Lipinski definition) is 0. The maximum atomic E-state index is 12.8. The van der Waals surface area contributed by atoms with E-state index in [0.717, 1.165) is 5.56 Å². The van der Waals surface area contributed by atoms with Gasteiger partial charge in [-0.15, -0.1) is 0 Å². The van der Waals surface area contributed by atoms with Gasteiger partial charge in [0.05, 0.1) is 4.90 Å². The van der Waals surface area contributed by atoms with E-state index in [1.165, 1.54) is 0 Å². The zero-order valence-electron chi connectivity index (χ0n) is 12.3. The fraction of sp³-hybridized carbons (Fsp3) is 0.571. The summed E-state index contributed by atoms with van der Waals surface area (Å²) in [6, 6.07) is 5.63. The molecule has 112 valence electrons. The number of likely N-dealkylation sites (N-methyl/N-ethyl adjacent to an activating group) is 1. The SMILES string of the molecule is Cc1ccc(S(=O)(=O)N2CC(C)C(N(C)C)C2)c(Br)c1. The summed E-state index contributed by atoms with van der Waals surface area (Å²) in [5.74, 6) is 0.337. The highest BCUT2D eigenvalue weighted by Crippen LogP contribution is 2.30. The van der Waals surface area contributed by atoms with Crippen LogP contribution in [0.1, 0.15) is 12.5 Å². The van der Waals surface area contributed by atoms with Crippen LogP contribution in [0.3, 0.4) is 0 Å². The standard InChI is InChI=1S/C14H21BrN2O2S/c1-10-5-6-14(12(15)7-10)20(18,19)17-8-11(2)13(9-17)16(3)4/h5-7,11,13H,8-9H2,1-4H3. The Kier molecular flexibility index (Phi) is 4.59. The highest BCUT2D eigenvalue weighted by atomic mass is 79.9. The Bertz CT molecular complexity index is 601. The molecule has 0 N–H and O–H groups in total. The second-order valence-electron chi connectivity index (χ2n) is 5.76. The number of sulfonamides is 1. The van der Waals surface area contributed by atoms with Crippen molar-refractivity contribution in [3.05, 3.63) is 28.2 Å². The average molecular weight is 361 g/mol. The summed E-state index contributed by atoms with van der Waals surface area (Å²) in [4.78, 5) is 2.46. The van der Waals surface area contributed by atoms with Crippen LogP contribution in [0.4, 0.5) is 0 Å². The van der Waals surface area contributed by atoms with Crippen LogP contribution in [0.15, 0.2) is 27.6 Å². The highest BCUT2D eigenvalue weighted by Gasteiger charge is 2.38. The maximum absolute atomic E-state index is 12.8. The Morgan fingerprint density at radius 3 is 2.45 bits per heavy atom. The van der Waals surface area contributed by atoms with Gasteiger partial charge in [0.15, 0.2) is 0 Å². The first-order valence-electron chi connectivity index (χ1n) is 6.66. The smallest absolute Gasteiger partial charge is 0.244 e. The van der Waals surface area contributed by atoms with E-state index in [2.05, 4.69) is 27.8 Å². The zero-order chi connectivity index (χ0) is 15.1. The summed E-state index contributed by atoms with van der Waals surface area (Å²) in [6.45, 7) is 5.17. The molecule has 4 nitrogen and oxygen atoms in total. The van der Waals surface area contributed by atoms with Gasteiger partial charge in [0.2, 0.25) is 10.0 Å². The monoisotopic (exact) mass is 360 g/mol. The highest BCUT2D eigenvalue weighted by molar-refractivity contribution is 9.10. The van der Waals surface area contributed by atoms with Crippen molar-refractivity contribution in [3.63, 3.8) is 0 Å². The van der Waals surface area contributed by atoms with Gasteiger partial charge in [-0.05, 0) is 60.6 Å². The van der Waals surface area contributed by atoms with E-state index >= 15 is 0 Å². The Morgan fingerprint density at radius 2 is 1.95 bits per heavy atom. The second-order valence-corrected chi connectivity index (χ2v) is 8.52. The van der Waals surface area contributed by atoms with Crippen LogP contribution in [-0.4, -0.2) is 50.8 Å². The van der Waals surface area contributed by atoms with Gasteiger partial charge in [-0.25, -0.2) is 8.42 Å². The number of nitrogens with zero attached hydrogens (tertiary/aromatic N) is 2. The number of halogens is 1. The molecule has 1 heterocycles. The third-order valence-corrected chi connectivity index (χ3v) is 6.72. The summed E-state index contributed by atoms with van der Waals surface area (Å²) in [7, 11) is 0.572. The van der Waals surface area contributed by atoms with Crippen LogP contribution in [0.25, 0.3) is 0 Å². The van der Waals surface area contributed by atoms with E-state index in [1.807, 2.05) is 33.2 Å². The summed E-state index contributed by atoms with van der Waals surface area (Å²) in [5.41, 5.74) is 1.04. The minimum absolute atomic E-state index is 0.272. The molecule has 2 rings (SSSR count). The molecule has 1 aromatic carbocycles. The van der Waals surface area contributed by atoms with Gasteiger partial charge in [-0.2, -0.15) is 4.31 Å². The zero-order valence-corrected chi connectivity index (χ0v) is 14.7. The molecular weight excluding hydrogens is 340 g/mol. The summed E-state index contributed by atoms with van der Waals surface area (Å²) >= 11 is 3.37. The minimum Gasteiger partial charge on any atom is -0.305 e. The van der Waals surface area contributed by atoms with E-state index in [9.17, 15) is 8.42 Å². The first-order chi connectivity index (χ1) is 9.23. The van der Waals surface area contributed by atoms with Gasteiger partial charge in [-0.1, -0.05) is 13.0 Å². The number of benzene rings is 1. The fourth-order valence-electron chi connectivity index (χ4n) is 2.73. The molecule has 2 unspecified atom stereocenters. The minimum atomic E-state index is -3.43. The predicted octanol–water partition coefficient (Wildman–Crippen LogP) is 2.33. The van der Waals surface area contributed by atoms with Crippen molar-refractivity contribution in [2.24, 2.45) is 5.92 Å². The van der Waals surface area contributed by atoms with Crippen LogP contribution < -0.4 is 0 Å². The van der Waals surface area contributed by atoms with Gasteiger partial charge < -0.3 is 4.90 Å². The van der Waals surface area contributed by atoms with Crippen molar-refractivity contribution in [1.82, 2.24) is 9.21 Å². The van der Waals surface area contributed by atoms with Crippen LogP contribution in [0.5, 0.6) is 0 Å². The molecule has 0 spiro atoms. The van der Waals surface area contributed by atoms with E-state index in [1.54, 1.807) is 10.4 Å². The molecule has 0 aromatic heterocycles. The lowest BCUT2D eigenvalue weighted by molar-refractivity contribution is 0.263. The molecule has 0 aliphatic carbocycles. The van der Waals surface area contributed by atoms with Crippen LogP contribution in [0.2, 0.25) is 0 Å².